The predicted octanol–water partition coefficient (Wildman–Crippen LogP) is -15.7. The predicted molar refractivity (Wildman–Crippen MR) is 170 cm³/mol. The molecule has 0 aromatic carbocycles. The van der Waals surface area contributed by atoms with Gasteiger partial charge in [0.25, 0.3) is 11.8 Å². The number of thioether (sulfide) groups is 1. The molecule has 0 aliphatic carbocycles. The van der Waals surface area contributed by atoms with Crippen molar-refractivity contribution in [1.29, 1.82) is 0 Å². The van der Waals surface area contributed by atoms with E-state index in [0.29, 0.717) is 47.6 Å². The molecule has 56 heavy (non-hydrogen) atoms. The van der Waals surface area contributed by atoms with E-state index in [2.05, 4.69) is 15.1 Å². The molecule has 2 amide bonds. The maximum Gasteiger partial charge on any atom is 1.00 e. The number of hydroxylamine groups is 2. The third-order valence-corrected chi connectivity index (χ3v) is 11.6. The van der Waals surface area contributed by atoms with Crippen LogP contribution in [-0.2, 0) is 38.4 Å². The number of thiazole rings is 1. The molecule has 1 aromatic heterocycles. The van der Waals surface area contributed by atoms with Crippen LogP contribution < -0.4 is 115 Å². The second-order valence-corrected chi connectivity index (χ2v) is 14.8. The Kier molecular flexibility index (Phi) is 16.8. The normalized spacial score (nSPS) is 25.4. The summed E-state index contributed by atoms with van der Waals surface area (Å²) in [7, 11) is 0. The van der Waals surface area contributed by atoms with Gasteiger partial charge in [0.15, 0.2) is 17.3 Å². The molecule has 7 rings (SSSR count). The molecule has 4 saturated heterocycles. The SMILES string of the molecule is Nc1nc(/C(=N/O[C@@H](CC(=O)[O-])C(=O)[O-])C([O-])=N[C@@H]2C(=O)N3C(C(=O)[O-])=C(C[N+]45CCC(CC4)N(C(=O)C4=CC(=O)C(=O)CN4O)CC5)CS[C@H]23)cs1.[Na+].[Na+].[Na+]. The minimum absolute atomic E-state index is 0. The number of allylic oxidation sites excluding steroid dienone is 1. The first-order valence-electron chi connectivity index (χ1n) is 16.0. The number of carboxylic acid groups (broad SMARTS) is 3. The number of hydrogen-bond acceptors (Lipinski definition) is 20. The number of carboxylic acids is 3. The minimum atomic E-state index is -2.15. The van der Waals surface area contributed by atoms with Gasteiger partial charge in [-0.3, -0.25) is 34.3 Å². The van der Waals surface area contributed by atoms with Gasteiger partial charge in [-0.15, -0.1) is 23.1 Å². The van der Waals surface area contributed by atoms with Crippen molar-refractivity contribution in [3.05, 3.63) is 34.1 Å². The number of β-lactam (4-membered cyclic amide) rings is 1. The first kappa shape index (κ1) is 48.0. The summed E-state index contributed by atoms with van der Waals surface area (Å²) in [6.45, 7) is 1.28. The van der Waals surface area contributed by atoms with Gasteiger partial charge in [-0.25, -0.2) is 10.0 Å². The zero-order valence-corrected chi connectivity index (χ0v) is 38.0. The summed E-state index contributed by atoms with van der Waals surface area (Å²) in [6.07, 6.45) is -1.43. The van der Waals surface area contributed by atoms with Crippen LogP contribution in [0.5, 0.6) is 0 Å². The van der Waals surface area contributed by atoms with E-state index >= 15 is 0 Å². The van der Waals surface area contributed by atoms with E-state index in [1.165, 1.54) is 5.38 Å². The van der Waals surface area contributed by atoms with Crippen LogP contribution in [-0.4, -0.2) is 151 Å². The van der Waals surface area contributed by atoms with E-state index in [1.54, 1.807) is 4.90 Å². The quantitative estimate of drug-likeness (QED) is 0.0375. The van der Waals surface area contributed by atoms with Gasteiger partial charge in [-0.05, 0) is 0 Å². The van der Waals surface area contributed by atoms with Crippen LogP contribution in [0.3, 0.4) is 0 Å². The number of carbonyl (C=O) groups is 7. The monoisotopic (exact) mass is 842 g/mol. The van der Waals surface area contributed by atoms with E-state index in [9.17, 15) is 59.2 Å². The number of Topliss-reactive ketones (excluding diaryl/α,β-unsaturated/α-hetero) is 1. The van der Waals surface area contributed by atoms with Crippen LogP contribution in [0, 0.1) is 0 Å². The molecule has 282 valence electrons. The Labute approximate surface area is 392 Å². The number of anilines is 1. The summed E-state index contributed by atoms with van der Waals surface area (Å²) in [4.78, 5) is 100. The van der Waals surface area contributed by atoms with Crippen LogP contribution in [0.25, 0.3) is 0 Å². The van der Waals surface area contributed by atoms with Gasteiger partial charge in [-0.1, -0.05) is 5.16 Å². The second-order valence-electron chi connectivity index (χ2n) is 12.8. The zero-order valence-electron chi connectivity index (χ0n) is 30.4. The number of aliphatic imine (C=N–C) groups is 1. The van der Waals surface area contributed by atoms with Crippen molar-refractivity contribution < 1.29 is 157 Å². The number of ketones is 2. The first-order chi connectivity index (χ1) is 25.1. The maximum absolute atomic E-state index is 13.4. The van der Waals surface area contributed by atoms with Gasteiger partial charge in [0.2, 0.25) is 11.6 Å². The second kappa shape index (κ2) is 19.6. The molecular weight excluding hydrogens is 813 g/mol. The zero-order chi connectivity index (χ0) is 38.4. The summed E-state index contributed by atoms with van der Waals surface area (Å²) in [6, 6.07) is -1.62. The standard InChI is InChI=1S/C30H32N8O13S2.3Na/c31-30-32-15(12-53-30)21(34-51-19(28(46)47)8-20(41)42)24(43)33-22-26(45)37-23(29(48)49)13(11-52-27(22)37)10-38-4-1-14(2-5-38)35(3-6-38)25(44)16-7-17(39)18(40)9-36(16)50;;;/h7,12,14,19,22,27,50H,1-6,8-11H2,(H5-,31,32,33,41,42,43,46,47,48,49);;;/q;3*+1/p-3/b34-21-;;;/t14?,19-,22+,27+,38?;;;/m0.../s1. The molecule has 0 spiro atoms. The van der Waals surface area contributed by atoms with Crippen molar-refractivity contribution in [2.75, 3.05) is 50.8 Å². The average Bonchev–Trinajstić information content (AvgIpc) is 3.35. The number of nitrogen functional groups attached to an aromatic ring is 1. The number of nitrogens with two attached hydrogens (primary N) is 1. The first-order valence-corrected chi connectivity index (χ1v) is 17.9. The molecule has 6 aliphatic heterocycles. The molecule has 6 aliphatic rings. The molecule has 21 nitrogen and oxygen atoms in total. The van der Waals surface area contributed by atoms with E-state index < -0.39 is 83.4 Å². The maximum atomic E-state index is 13.4. The number of aromatic nitrogens is 1. The molecule has 4 fully saturated rings. The molecule has 1 aromatic rings. The van der Waals surface area contributed by atoms with Gasteiger partial charge in [0.05, 0.1) is 43.8 Å². The topological polar surface area (TPSA) is 315 Å². The Morgan fingerprint density at radius 1 is 1.07 bits per heavy atom. The molecule has 0 radical (unpaired) electrons. The van der Waals surface area contributed by atoms with Gasteiger partial charge in [0, 0.05) is 60.0 Å². The van der Waals surface area contributed by atoms with Crippen molar-refractivity contribution >= 4 is 81.1 Å². The minimum Gasteiger partial charge on any atom is -0.857 e. The molecule has 0 unspecified atom stereocenters. The summed E-state index contributed by atoms with van der Waals surface area (Å²) in [5, 5.41) is 62.5. The Hall–Kier alpha value is -2.39. The number of quaternary nitrogens is 1. The van der Waals surface area contributed by atoms with Gasteiger partial charge in [-0.2, -0.15) is 0 Å². The fraction of sp³-hybridized carbons (Fsp3) is 0.467. The number of rotatable bonds is 12. The Bertz CT molecular complexity index is 1930. The van der Waals surface area contributed by atoms with Crippen LogP contribution in [0.4, 0.5) is 5.13 Å². The number of carbonyl (C=O) groups excluding carboxylic acids is 7. The fourth-order valence-electron chi connectivity index (χ4n) is 6.92. The van der Waals surface area contributed by atoms with Crippen molar-refractivity contribution in [3.63, 3.8) is 0 Å². The van der Waals surface area contributed by atoms with Crippen molar-refractivity contribution in [2.45, 2.75) is 42.8 Å². The third kappa shape index (κ3) is 9.89. The molecule has 26 heteroatoms. The van der Waals surface area contributed by atoms with Crippen LogP contribution in [0.2, 0.25) is 0 Å². The van der Waals surface area contributed by atoms with Crippen molar-refractivity contribution in [3.8, 4) is 0 Å². The average molecular weight is 843 g/mol. The van der Waals surface area contributed by atoms with Gasteiger partial charge < -0.3 is 54.8 Å². The number of piperidine rings is 1. The number of oxime groups is 1. The molecule has 3 atom stereocenters. The smallest absolute Gasteiger partial charge is 0.857 e. The number of hydrogen-bond donors (Lipinski definition) is 2. The molecule has 7 heterocycles. The van der Waals surface area contributed by atoms with E-state index in [-0.39, 0.29) is 136 Å². The Balaban J connectivity index is 0.00000280. The van der Waals surface area contributed by atoms with Crippen LogP contribution in [0.1, 0.15) is 25.0 Å². The molecule has 0 saturated carbocycles. The largest absolute Gasteiger partial charge is 1.00 e. The van der Waals surface area contributed by atoms with Crippen molar-refractivity contribution in [2.24, 2.45) is 10.1 Å². The summed E-state index contributed by atoms with van der Waals surface area (Å²) < 4.78 is 0.382. The Morgan fingerprint density at radius 3 is 2.34 bits per heavy atom. The van der Waals surface area contributed by atoms with E-state index in [0.717, 1.165) is 34.1 Å². The summed E-state index contributed by atoms with van der Waals surface area (Å²) in [5.74, 6) is -9.66. The van der Waals surface area contributed by atoms with E-state index in [4.69, 9.17) is 10.6 Å². The number of amides is 2. The fourth-order valence-corrected chi connectivity index (χ4v) is 8.78. The number of nitrogens with zero attached hydrogens (tertiary/aromatic N) is 7. The summed E-state index contributed by atoms with van der Waals surface area (Å²) >= 11 is 2.03. The van der Waals surface area contributed by atoms with Gasteiger partial charge >= 0.3 is 88.7 Å². The Morgan fingerprint density at radius 2 is 1.75 bits per heavy atom. The van der Waals surface area contributed by atoms with Crippen LogP contribution in [0.15, 0.2) is 38.6 Å². The summed E-state index contributed by atoms with van der Waals surface area (Å²) in [5.41, 5.74) is 4.47. The number of fused-ring (bicyclic) bond motifs is 5. The van der Waals surface area contributed by atoms with Crippen molar-refractivity contribution in [1.82, 2.24) is 19.8 Å². The van der Waals surface area contributed by atoms with Crippen LogP contribution >= 0.6 is 23.1 Å². The van der Waals surface area contributed by atoms with Gasteiger partial charge in [0.1, 0.15) is 35.6 Å². The van der Waals surface area contributed by atoms with E-state index in [1.807, 2.05) is 0 Å². The third-order valence-electron chi connectivity index (χ3n) is 9.57. The molecular formula is C30H29N8Na3O13S2. The molecule has 2 bridgehead atoms. The number of aliphatic carboxylic acids is 3. The molecule has 3 N–H and O–H groups in total.